The molecule has 1 atom stereocenters. The number of carbonyl (C=O) groups is 2. The number of aromatic nitrogens is 1. The van der Waals surface area contributed by atoms with Gasteiger partial charge in [-0.15, -0.1) is 0 Å². The molecule has 5 nitrogen and oxygen atoms in total. The Kier molecular flexibility index (Phi) is 4.63. The van der Waals surface area contributed by atoms with Crippen LogP contribution in [0.1, 0.15) is 35.8 Å². The maximum Gasteiger partial charge on any atom is 0.326 e. The van der Waals surface area contributed by atoms with E-state index in [0.717, 1.165) is 5.69 Å². The van der Waals surface area contributed by atoms with E-state index in [1.165, 1.54) is 6.20 Å². The molecule has 92 valence electrons. The zero-order chi connectivity index (χ0) is 12.8. The minimum Gasteiger partial charge on any atom is -0.480 e. The Morgan fingerprint density at radius 1 is 1.47 bits per heavy atom. The van der Waals surface area contributed by atoms with Gasteiger partial charge >= 0.3 is 5.97 Å². The molecule has 5 heteroatoms. The first-order valence-electron chi connectivity index (χ1n) is 5.51. The largest absolute Gasteiger partial charge is 0.480 e. The number of aliphatic carboxylic acids is 1. The van der Waals surface area contributed by atoms with Crippen LogP contribution < -0.4 is 5.32 Å². The zero-order valence-electron chi connectivity index (χ0n) is 9.93. The molecule has 0 radical (unpaired) electrons. The smallest absolute Gasteiger partial charge is 0.326 e. The number of carboxylic acid groups (broad SMARTS) is 1. The summed E-state index contributed by atoms with van der Waals surface area (Å²) in [5, 5.41) is 11.4. The van der Waals surface area contributed by atoms with Crippen molar-refractivity contribution < 1.29 is 14.7 Å². The summed E-state index contributed by atoms with van der Waals surface area (Å²) in [6.45, 7) is 3.69. The lowest BCUT2D eigenvalue weighted by molar-refractivity contribution is -0.139. The van der Waals surface area contributed by atoms with Gasteiger partial charge in [-0.1, -0.05) is 13.3 Å². The fourth-order valence-corrected chi connectivity index (χ4v) is 1.39. The van der Waals surface area contributed by atoms with Crippen LogP contribution in [0.25, 0.3) is 0 Å². The predicted molar refractivity (Wildman–Crippen MR) is 62.8 cm³/mol. The van der Waals surface area contributed by atoms with E-state index in [9.17, 15) is 9.59 Å². The van der Waals surface area contributed by atoms with Gasteiger partial charge in [0.25, 0.3) is 5.91 Å². The number of hydrogen-bond acceptors (Lipinski definition) is 3. The highest BCUT2D eigenvalue weighted by Gasteiger charge is 2.19. The topological polar surface area (TPSA) is 79.3 Å². The van der Waals surface area contributed by atoms with Gasteiger partial charge in [0.15, 0.2) is 0 Å². The highest BCUT2D eigenvalue weighted by atomic mass is 16.4. The highest BCUT2D eigenvalue weighted by molar-refractivity contribution is 5.96. The number of hydrogen-bond donors (Lipinski definition) is 2. The van der Waals surface area contributed by atoms with E-state index in [-0.39, 0.29) is 0 Å². The lowest BCUT2D eigenvalue weighted by Gasteiger charge is -2.13. The molecule has 0 unspecified atom stereocenters. The number of aryl methyl sites for hydroxylation is 1. The van der Waals surface area contributed by atoms with Crippen molar-refractivity contribution >= 4 is 11.9 Å². The summed E-state index contributed by atoms with van der Waals surface area (Å²) >= 11 is 0. The number of nitrogens with zero attached hydrogens (tertiary/aromatic N) is 1. The van der Waals surface area contributed by atoms with Gasteiger partial charge in [0.1, 0.15) is 6.04 Å². The summed E-state index contributed by atoms with van der Waals surface area (Å²) in [6, 6.07) is 2.50. The van der Waals surface area contributed by atoms with Crippen LogP contribution in [0.4, 0.5) is 0 Å². The van der Waals surface area contributed by atoms with Gasteiger partial charge < -0.3 is 10.4 Å². The lowest BCUT2D eigenvalue weighted by Crippen LogP contribution is -2.40. The highest BCUT2D eigenvalue weighted by Crippen LogP contribution is 2.02. The molecule has 0 aliphatic rings. The Hall–Kier alpha value is -1.91. The van der Waals surface area contributed by atoms with E-state index in [2.05, 4.69) is 10.3 Å². The third kappa shape index (κ3) is 3.86. The number of carboxylic acids is 1. The maximum atomic E-state index is 11.7. The summed E-state index contributed by atoms with van der Waals surface area (Å²) in [4.78, 5) is 26.6. The van der Waals surface area contributed by atoms with Gasteiger partial charge in [0.05, 0.1) is 5.56 Å². The van der Waals surface area contributed by atoms with Crippen molar-refractivity contribution in [1.82, 2.24) is 10.3 Å². The molecule has 0 saturated carbocycles. The molecule has 0 spiro atoms. The van der Waals surface area contributed by atoms with Crippen LogP contribution in [0.2, 0.25) is 0 Å². The van der Waals surface area contributed by atoms with Gasteiger partial charge in [-0.2, -0.15) is 0 Å². The van der Waals surface area contributed by atoms with E-state index in [1.54, 1.807) is 12.1 Å². The fourth-order valence-electron chi connectivity index (χ4n) is 1.39. The van der Waals surface area contributed by atoms with Gasteiger partial charge in [0.2, 0.25) is 0 Å². The summed E-state index contributed by atoms with van der Waals surface area (Å²) in [7, 11) is 0. The molecule has 0 bridgehead atoms. The Bertz CT molecular complexity index is 401. The van der Waals surface area contributed by atoms with Crippen molar-refractivity contribution in [1.29, 1.82) is 0 Å². The molecule has 1 aromatic rings. The summed E-state index contributed by atoms with van der Waals surface area (Å²) < 4.78 is 0. The average Bonchev–Trinajstić information content (AvgIpc) is 2.29. The van der Waals surface area contributed by atoms with E-state index < -0.39 is 17.9 Å². The molecule has 0 fully saturated rings. The van der Waals surface area contributed by atoms with Gasteiger partial charge in [-0.25, -0.2) is 4.79 Å². The molecule has 0 saturated heterocycles. The second-order valence-electron chi connectivity index (χ2n) is 3.84. The quantitative estimate of drug-likeness (QED) is 0.809. The van der Waals surface area contributed by atoms with Gasteiger partial charge in [-0.05, 0) is 25.5 Å². The van der Waals surface area contributed by atoms with Crippen molar-refractivity contribution in [2.45, 2.75) is 32.7 Å². The monoisotopic (exact) mass is 236 g/mol. The van der Waals surface area contributed by atoms with Gasteiger partial charge in [0, 0.05) is 11.9 Å². The molecular formula is C12H16N2O3. The lowest BCUT2D eigenvalue weighted by atomic mass is 10.1. The van der Waals surface area contributed by atoms with E-state index in [0.29, 0.717) is 18.4 Å². The molecule has 2 N–H and O–H groups in total. The molecule has 1 heterocycles. The normalized spacial score (nSPS) is 11.9. The molecule has 0 aliphatic carbocycles. The van der Waals surface area contributed by atoms with Crippen molar-refractivity contribution in [3.63, 3.8) is 0 Å². The standard InChI is InChI=1S/C12H16N2O3/c1-3-4-10(12(16)17)14-11(15)9-6-5-8(2)13-7-9/h5-7,10H,3-4H2,1-2H3,(H,14,15)(H,16,17)/t10-/m0/s1. The third-order valence-electron chi connectivity index (χ3n) is 2.35. The van der Waals surface area contributed by atoms with Crippen LogP contribution in [0.3, 0.4) is 0 Å². The SMILES string of the molecule is CCC[C@H](NC(=O)c1ccc(C)nc1)C(=O)O. The van der Waals surface area contributed by atoms with Gasteiger partial charge in [-0.3, -0.25) is 9.78 Å². The Balaban J connectivity index is 2.70. The van der Waals surface area contributed by atoms with E-state index >= 15 is 0 Å². The molecule has 1 rings (SSSR count). The molecule has 1 aromatic heterocycles. The van der Waals surface area contributed by atoms with Crippen LogP contribution in [0.15, 0.2) is 18.3 Å². The number of pyridine rings is 1. The Morgan fingerprint density at radius 3 is 2.65 bits per heavy atom. The Labute approximate surface area is 99.9 Å². The predicted octanol–water partition coefficient (Wildman–Crippen LogP) is 1.37. The average molecular weight is 236 g/mol. The molecule has 17 heavy (non-hydrogen) atoms. The van der Waals surface area contributed by atoms with Crippen LogP contribution in [0, 0.1) is 6.92 Å². The van der Waals surface area contributed by atoms with Crippen LogP contribution in [0.5, 0.6) is 0 Å². The number of rotatable bonds is 5. The summed E-state index contributed by atoms with van der Waals surface area (Å²) in [5.74, 6) is -1.42. The zero-order valence-corrected chi connectivity index (χ0v) is 9.93. The first-order chi connectivity index (χ1) is 8.04. The minimum absolute atomic E-state index is 0.373. The second-order valence-corrected chi connectivity index (χ2v) is 3.84. The Morgan fingerprint density at radius 2 is 2.18 bits per heavy atom. The van der Waals surface area contributed by atoms with Crippen molar-refractivity contribution in [2.75, 3.05) is 0 Å². The first-order valence-corrected chi connectivity index (χ1v) is 5.51. The maximum absolute atomic E-state index is 11.7. The van der Waals surface area contributed by atoms with E-state index in [4.69, 9.17) is 5.11 Å². The van der Waals surface area contributed by atoms with Crippen LogP contribution >= 0.6 is 0 Å². The summed E-state index contributed by atoms with van der Waals surface area (Å²) in [5.41, 5.74) is 1.18. The van der Waals surface area contributed by atoms with Crippen molar-refractivity contribution in [3.8, 4) is 0 Å². The summed E-state index contributed by atoms with van der Waals surface area (Å²) in [6.07, 6.45) is 2.55. The van der Waals surface area contributed by atoms with Crippen molar-refractivity contribution in [2.24, 2.45) is 0 Å². The number of nitrogens with one attached hydrogen (secondary N) is 1. The number of carbonyl (C=O) groups excluding carboxylic acids is 1. The van der Waals surface area contributed by atoms with Crippen LogP contribution in [-0.4, -0.2) is 28.0 Å². The molecule has 0 aromatic carbocycles. The van der Waals surface area contributed by atoms with E-state index in [1.807, 2.05) is 13.8 Å². The third-order valence-corrected chi connectivity index (χ3v) is 2.35. The van der Waals surface area contributed by atoms with Crippen molar-refractivity contribution in [3.05, 3.63) is 29.6 Å². The fraction of sp³-hybridized carbons (Fsp3) is 0.417. The molecule has 1 amide bonds. The number of amides is 1. The second kappa shape index (κ2) is 5.98. The minimum atomic E-state index is -1.01. The first kappa shape index (κ1) is 13.2. The molecular weight excluding hydrogens is 220 g/mol. The molecule has 0 aliphatic heterocycles. The van der Waals surface area contributed by atoms with Crippen LogP contribution in [-0.2, 0) is 4.79 Å².